The first kappa shape index (κ1) is 18.7. The summed E-state index contributed by atoms with van der Waals surface area (Å²) in [6.07, 6.45) is 1.27. The fourth-order valence-corrected chi connectivity index (χ4v) is 2.96. The van der Waals surface area contributed by atoms with Crippen LogP contribution >= 0.6 is 46.4 Å². The van der Waals surface area contributed by atoms with Gasteiger partial charge in [-0.05, 0) is 42.5 Å². The maximum Gasteiger partial charge on any atom is 0.291 e. The van der Waals surface area contributed by atoms with Gasteiger partial charge in [-0.1, -0.05) is 46.4 Å². The van der Waals surface area contributed by atoms with E-state index in [1.165, 1.54) is 6.20 Å². The first-order valence-electron chi connectivity index (χ1n) is 7.16. The van der Waals surface area contributed by atoms with Crippen LogP contribution < -0.4 is 10.9 Å². The van der Waals surface area contributed by atoms with Crippen molar-refractivity contribution >= 4 is 58.0 Å². The fourth-order valence-electron chi connectivity index (χ4n) is 2.18. The van der Waals surface area contributed by atoms with Crippen molar-refractivity contribution in [2.24, 2.45) is 0 Å². The van der Waals surface area contributed by atoms with Gasteiger partial charge in [-0.2, -0.15) is 9.78 Å². The summed E-state index contributed by atoms with van der Waals surface area (Å²) in [5, 5.41) is 7.40. The minimum Gasteiger partial charge on any atom is -0.322 e. The average molecular weight is 429 g/mol. The van der Waals surface area contributed by atoms with E-state index in [0.717, 1.165) is 4.68 Å². The highest BCUT2D eigenvalue weighted by Gasteiger charge is 2.11. The van der Waals surface area contributed by atoms with Crippen molar-refractivity contribution in [3.05, 3.63) is 84.7 Å². The van der Waals surface area contributed by atoms with Crippen LogP contribution in [0.15, 0.2) is 53.5 Å². The van der Waals surface area contributed by atoms with Gasteiger partial charge in [0.05, 0.1) is 16.9 Å². The van der Waals surface area contributed by atoms with Gasteiger partial charge in [0.2, 0.25) is 0 Å². The van der Waals surface area contributed by atoms with Gasteiger partial charge in [-0.3, -0.25) is 9.59 Å². The van der Waals surface area contributed by atoms with Gasteiger partial charge in [0.25, 0.3) is 11.5 Å². The lowest BCUT2D eigenvalue weighted by Gasteiger charge is -2.08. The van der Waals surface area contributed by atoms with E-state index in [1.54, 1.807) is 42.5 Å². The molecule has 1 heterocycles. The van der Waals surface area contributed by atoms with Gasteiger partial charge in [-0.15, -0.1) is 0 Å². The quantitative estimate of drug-likeness (QED) is 0.631. The summed E-state index contributed by atoms with van der Waals surface area (Å²) in [6, 6.07) is 11.0. The van der Waals surface area contributed by atoms with Crippen molar-refractivity contribution in [1.82, 2.24) is 9.78 Å². The first-order chi connectivity index (χ1) is 12.3. The largest absolute Gasteiger partial charge is 0.322 e. The van der Waals surface area contributed by atoms with Gasteiger partial charge in [-0.25, -0.2) is 0 Å². The molecule has 0 bridgehead atoms. The molecule has 0 aliphatic heterocycles. The van der Waals surface area contributed by atoms with Crippen LogP contribution in [-0.4, -0.2) is 15.7 Å². The average Bonchev–Trinajstić information content (AvgIpc) is 2.59. The Balaban J connectivity index is 1.84. The minimum atomic E-state index is -0.551. The second-order valence-electron chi connectivity index (χ2n) is 5.18. The topological polar surface area (TPSA) is 64.0 Å². The summed E-state index contributed by atoms with van der Waals surface area (Å²) in [5.41, 5.74) is 0.734. The molecule has 0 saturated heterocycles. The molecule has 0 aliphatic carbocycles. The molecule has 0 radical (unpaired) electrons. The number of hydrogen-bond donors (Lipinski definition) is 1. The number of halogens is 4. The Bertz CT molecular complexity index is 1030. The lowest BCUT2D eigenvalue weighted by atomic mass is 10.2. The van der Waals surface area contributed by atoms with E-state index in [0.29, 0.717) is 27.0 Å². The van der Waals surface area contributed by atoms with Crippen LogP contribution in [0.4, 0.5) is 5.69 Å². The van der Waals surface area contributed by atoms with Crippen LogP contribution in [0.25, 0.3) is 5.69 Å². The Morgan fingerprint density at radius 1 is 0.962 bits per heavy atom. The second-order valence-corrected chi connectivity index (χ2v) is 6.84. The predicted octanol–water partition coefficient (Wildman–Crippen LogP) is 5.10. The van der Waals surface area contributed by atoms with Crippen molar-refractivity contribution in [1.29, 1.82) is 0 Å². The number of carbonyl (C=O) groups excluding carboxylic acids is 1. The van der Waals surface area contributed by atoms with Gasteiger partial charge < -0.3 is 5.32 Å². The van der Waals surface area contributed by atoms with E-state index in [-0.39, 0.29) is 16.0 Å². The van der Waals surface area contributed by atoms with Crippen LogP contribution in [0, 0.1) is 0 Å². The molecule has 0 aliphatic rings. The van der Waals surface area contributed by atoms with Crippen LogP contribution in [0.3, 0.4) is 0 Å². The van der Waals surface area contributed by atoms with Crippen molar-refractivity contribution < 1.29 is 4.79 Å². The van der Waals surface area contributed by atoms with Crippen molar-refractivity contribution in [3.8, 4) is 5.69 Å². The Labute approximate surface area is 168 Å². The molecule has 0 fully saturated rings. The number of nitrogens with zero attached hydrogens (tertiary/aromatic N) is 2. The Morgan fingerprint density at radius 3 is 2.19 bits per heavy atom. The predicted molar refractivity (Wildman–Crippen MR) is 104 cm³/mol. The summed E-state index contributed by atoms with van der Waals surface area (Å²) < 4.78 is 1.09. The number of aromatic nitrogens is 2. The summed E-state index contributed by atoms with van der Waals surface area (Å²) in [7, 11) is 0. The second kappa shape index (κ2) is 7.68. The highest BCUT2D eigenvalue weighted by molar-refractivity contribution is 6.41. The molecule has 132 valence electrons. The van der Waals surface area contributed by atoms with Crippen LogP contribution in [0.5, 0.6) is 0 Å². The van der Waals surface area contributed by atoms with E-state index < -0.39 is 5.56 Å². The van der Waals surface area contributed by atoms with E-state index in [1.807, 2.05) is 0 Å². The Hall–Kier alpha value is -2.05. The zero-order valence-electron chi connectivity index (χ0n) is 12.8. The number of nitrogens with one attached hydrogen (secondary N) is 1. The highest BCUT2D eigenvalue weighted by atomic mass is 35.5. The van der Waals surface area contributed by atoms with E-state index in [2.05, 4.69) is 10.4 Å². The minimum absolute atomic E-state index is 0.0732. The first-order valence-corrected chi connectivity index (χ1v) is 8.67. The highest BCUT2D eigenvalue weighted by Crippen LogP contribution is 2.23. The standard InChI is InChI=1S/C17H9Cl4N3O2/c18-10-5-11(19)7-12(6-10)23-16(25)9-1-3-13(4-2-9)24-17(26)15(21)14(20)8-22-24/h1-8H,(H,23,25). The monoisotopic (exact) mass is 427 g/mol. The summed E-state index contributed by atoms with van der Waals surface area (Å²) in [6.45, 7) is 0. The molecule has 26 heavy (non-hydrogen) atoms. The SMILES string of the molecule is O=C(Nc1cc(Cl)cc(Cl)c1)c1ccc(-n2ncc(Cl)c(Cl)c2=O)cc1. The maximum atomic E-state index is 12.3. The van der Waals surface area contributed by atoms with Crippen LogP contribution in [0.2, 0.25) is 20.1 Å². The third kappa shape index (κ3) is 4.02. The van der Waals surface area contributed by atoms with Crippen molar-refractivity contribution in [3.63, 3.8) is 0 Å². The molecule has 1 amide bonds. The fraction of sp³-hybridized carbons (Fsp3) is 0. The third-order valence-corrected chi connectivity index (χ3v) is 4.56. The molecule has 3 rings (SSSR count). The number of hydrogen-bond acceptors (Lipinski definition) is 3. The molecule has 3 aromatic rings. The number of benzene rings is 2. The molecule has 2 aromatic carbocycles. The molecular weight excluding hydrogens is 420 g/mol. The van der Waals surface area contributed by atoms with Crippen molar-refractivity contribution in [2.45, 2.75) is 0 Å². The lowest BCUT2D eigenvalue weighted by Crippen LogP contribution is -2.21. The number of anilines is 1. The van der Waals surface area contributed by atoms with Crippen LogP contribution in [-0.2, 0) is 0 Å². The Morgan fingerprint density at radius 2 is 1.58 bits per heavy atom. The number of amides is 1. The molecule has 0 unspecified atom stereocenters. The van der Waals surface area contributed by atoms with E-state index >= 15 is 0 Å². The normalized spacial score (nSPS) is 10.6. The Kier molecular flexibility index (Phi) is 5.53. The molecule has 9 heteroatoms. The van der Waals surface area contributed by atoms with E-state index in [4.69, 9.17) is 46.4 Å². The van der Waals surface area contributed by atoms with Gasteiger partial charge in [0.1, 0.15) is 5.02 Å². The lowest BCUT2D eigenvalue weighted by molar-refractivity contribution is 0.102. The van der Waals surface area contributed by atoms with Gasteiger partial charge in [0.15, 0.2) is 0 Å². The summed E-state index contributed by atoms with van der Waals surface area (Å²) in [5.74, 6) is -0.357. The summed E-state index contributed by atoms with van der Waals surface area (Å²) >= 11 is 23.4. The molecule has 0 spiro atoms. The third-order valence-electron chi connectivity index (χ3n) is 3.37. The van der Waals surface area contributed by atoms with Gasteiger partial charge >= 0.3 is 0 Å². The molecule has 0 saturated carbocycles. The number of rotatable bonds is 3. The smallest absolute Gasteiger partial charge is 0.291 e. The molecule has 1 N–H and O–H groups in total. The maximum absolute atomic E-state index is 12.3. The molecule has 1 aromatic heterocycles. The molecular formula is C17H9Cl4N3O2. The summed E-state index contributed by atoms with van der Waals surface area (Å²) in [4.78, 5) is 24.4. The van der Waals surface area contributed by atoms with Crippen molar-refractivity contribution in [2.75, 3.05) is 5.32 Å². The molecule has 5 nitrogen and oxygen atoms in total. The molecule has 0 atom stereocenters. The van der Waals surface area contributed by atoms with Crippen LogP contribution in [0.1, 0.15) is 10.4 Å². The zero-order chi connectivity index (χ0) is 18.8. The van der Waals surface area contributed by atoms with E-state index in [9.17, 15) is 9.59 Å². The number of carbonyl (C=O) groups is 1. The zero-order valence-corrected chi connectivity index (χ0v) is 15.9. The van der Waals surface area contributed by atoms with Gasteiger partial charge in [0, 0.05) is 21.3 Å².